The van der Waals surface area contributed by atoms with E-state index in [1.807, 2.05) is 0 Å². The first-order valence-electron chi connectivity index (χ1n) is 8.48. The number of nitrogens with zero attached hydrogens (tertiary/aromatic N) is 4. The first kappa shape index (κ1) is 12.6. The molecule has 4 nitrogen and oxygen atoms in total. The molecule has 0 radical (unpaired) electrons. The zero-order valence-corrected chi connectivity index (χ0v) is 12.7. The Morgan fingerprint density at radius 2 is 1.43 bits per heavy atom. The van der Waals surface area contributed by atoms with Crippen LogP contribution in [0.4, 0.5) is 0 Å². The van der Waals surface area contributed by atoms with Crippen LogP contribution in [-0.4, -0.2) is 83.9 Å². The van der Waals surface area contributed by atoms with Crippen LogP contribution in [0.15, 0.2) is 30.3 Å². The minimum Gasteiger partial charge on any atom is -0.300 e. The second-order valence-electron chi connectivity index (χ2n) is 7.24. The van der Waals surface area contributed by atoms with Gasteiger partial charge < -0.3 is 4.48 Å². The average molecular weight is 285 g/mol. The van der Waals surface area contributed by atoms with Gasteiger partial charge in [-0.15, -0.1) is 0 Å². The Labute approximate surface area is 127 Å². The predicted octanol–water partition coefficient (Wildman–Crippen LogP) is 0.616. The normalized spacial score (nSPS) is 39.6. The molecule has 21 heavy (non-hydrogen) atoms. The standard InChI is InChI=1S/C17H25N4/c1-2-4-15(5-3-1)14-21-12-10-19-7-6-18-8-9-20(11-13-21)17(21)16(18)19/h1-5,16-17H,6-14H2/q+1/t16-,17+,21?/m1/s1. The van der Waals surface area contributed by atoms with Crippen molar-refractivity contribution in [2.75, 3.05) is 52.4 Å². The molecule has 4 heterocycles. The van der Waals surface area contributed by atoms with Crippen LogP contribution in [0.1, 0.15) is 5.56 Å². The Kier molecular flexibility index (Phi) is 2.71. The monoisotopic (exact) mass is 285 g/mol. The highest BCUT2D eigenvalue weighted by atomic mass is 15.6. The Bertz CT molecular complexity index is 527. The molecule has 112 valence electrons. The second-order valence-corrected chi connectivity index (χ2v) is 7.24. The molecule has 4 heteroatoms. The van der Waals surface area contributed by atoms with Gasteiger partial charge in [-0.1, -0.05) is 30.3 Å². The second kappa shape index (κ2) is 4.53. The summed E-state index contributed by atoms with van der Waals surface area (Å²) in [6, 6.07) is 11.2. The molecule has 4 aliphatic rings. The van der Waals surface area contributed by atoms with Gasteiger partial charge in [0.1, 0.15) is 12.7 Å². The molecule has 0 aromatic heterocycles. The van der Waals surface area contributed by atoms with E-state index in [1.165, 1.54) is 68.9 Å². The number of hydrogen-bond donors (Lipinski definition) is 0. The van der Waals surface area contributed by atoms with Gasteiger partial charge in [0.2, 0.25) is 0 Å². The first-order chi connectivity index (χ1) is 10.4. The Morgan fingerprint density at radius 1 is 0.810 bits per heavy atom. The van der Waals surface area contributed by atoms with E-state index in [9.17, 15) is 0 Å². The van der Waals surface area contributed by atoms with Crippen LogP contribution >= 0.6 is 0 Å². The summed E-state index contributed by atoms with van der Waals surface area (Å²) in [6.07, 6.45) is 1.41. The van der Waals surface area contributed by atoms with E-state index < -0.39 is 0 Å². The number of benzene rings is 1. The molecule has 4 aliphatic heterocycles. The molecule has 0 spiro atoms. The zero-order valence-electron chi connectivity index (χ0n) is 12.7. The van der Waals surface area contributed by atoms with Gasteiger partial charge in [0.05, 0.1) is 19.6 Å². The van der Waals surface area contributed by atoms with Crippen LogP contribution in [-0.2, 0) is 6.54 Å². The lowest BCUT2D eigenvalue weighted by atomic mass is 10.1. The van der Waals surface area contributed by atoms with Crippen molar-refractivity contribution < 1.29 is 4.48 Å². The van der Waals surface area contributed by atoms with Crippen molar-refractivity contribution in [3.63, 3.8) is 0 Å². The van der Waals surface area contributed by atoms with E-state index in [4.69, 9.17) is 0 Å². The summed E-state index contributed by atoms with van der Waals surface area (Å²) in [5, 5.41) is 0. The summed E-state index contributed by atoms with van der Waals surface area (Å²) >= 11 is 0. The van der Waals surface area contributed by atoms with Gasteiger partial charge in [0.25, 0.3) is 0 Å². The van der Waals surface area contributed by atoms with Crippen molar-refractivity contribution in [3.05, 3.63) is 35.9 Å². The summed E-state index contributed by atoms with van der Waals surface area (Å²) in [5.74, 6) is 0. The van der Waals surface area contributed by atoms with Crippen LogP contribution < -0.4 is 0 Å². The topological polar surface area (TPSA) is 9.72 Å². The molecule has 1 aromatic rings. The zero-order chi connectivity index (χ0) is 13.9. The van der Waals surface area contributed by atoms with Crippen LogP contribution in [0.25, 0.3) is 0 Å². The van der Waals surface area contributed by atoms with Gasteiger partial charge in [-0.05, 0) is 0 Å². The molecule has 0 amide bonds. The molecule has 0 saturated carbocycles. The summed E-state index contributed by atoms with van der Waals surface area (Å²) in [6.45, 7) is 11.6. The SMILES string of the molecule is c1ccc(C[N+]23CCN4CCN5CCN(CC2)[C@@H]3[C@H]54)cc1. The van der Waals surface area contributed by atoms with Crippen molar-refractivity contribution in [3.8, 4) is 0 Å². The number of quaternary nitrogens is 1. The van der Waals surface area contributed by atoms with Gasteiger partial charge in [-0.3, -0.25) is 9.80 Å². The van der Waals surface area contributed by atoms with Crippen molar-refractivity contribution in [1.29, 1.82) is 0 Å². The van der Waals surface area contributed by atoms with Crippen molar-refractivity contribution >= 4 is 0 Å². The Balaban J connectivity index is 1.51. The first-order valence-corrected chi connectivity index (χ1v) is 8.48. The van der Waals surface area contributed by atoms with E-state index >= 15 is 0 Å². The van der Waals surface area contributed by atoms with Crippen LogP contribution in [0.5, 0.6) is 0 Å². The third kappa shape index (κ3) is 1.77. The van der Waals surface area contributed by atoms with Gasteiger partial charge >= 0.3 is 0 Å². The summed E-state index contributed by atoms with van der Waals surface area (Å²) in [5.41, 5.74) is 1.52. The van der Waals surface area contributed by atoms with Crippen LogP contribution in [0.3, 0.4) is 0 Å². The minimum atomic E-state index is 0.693. The lowest BCUT2D eigenvalue weighted by Gasteiger charge is -2.54. The maximum absolute atomic E-state index is 2.79. The van der Waals surface area contributed by atoms with Gasteiger partial charge in [0, 0.05) is 38.3 Å². The smallest absolute Gasteiger partial charge is 0.175 e. The molecule has 0 N–H and O–H groups in total. The molecule has 3 atom stereocenters. The summed E-state index contributed by atoms with van der Waals surface area (Å²) in [7, 11) is 0. The number of hydrogen-bond acceptors (Lipinski definition) is 3. The number of piperazine rings is 2. The lowest BCUT2D eigenvalue weighted by molar-refractivity contribution is -0.966. The maximum Gasteiger partial charge on any atom is 0.175 e. The summed E-state index contributed by atoms with van der Waals surface area (Å²) in [4.78, 5) is 8.30. The molecule has 1 unspecified atom stereocenters. The van der Waals surface area contributed by atoms with E-state index in [0.717, 1.165) is 6.17 Å². The van der Waals surface area contributed by atoms with Gasteiger partial charge in [-0.25, -0.2) is 4.90 Å². The minimum absolute atomic E-state index is 0.693. The highest BCUT2D eigenvalue weighted by Crippen LogP contribution is 2.40. The molecular formula is C17H25N4+. The predicted molar refractivity (Wildman–Crippen MR) is 82.4 cm³/mol. The van der Waals surface area contributed by atoms with Gasteiger partial charge in [-0.2, -0.15) is 0 Å². The largest absolute Gasteiger partial charge is 0.300 e. The highest BCUT2D eigenvalue weighted by molar-refractivity contribution is 5.14. The third-order valence-electron chi connectivity index (χ3n) is 6.30. The third-order valence-corrected chi connectivity index (χ3v) is 6.30. The lowest BCUT2D eigenvalue weighted by Crippen LogP contribution is -2.73. The van der Waals surface area contributed by atoms with Gasteiger partial charge in [0.15, 0.2) is 6.17 Å². The molecule has 4 saturated heterocycles. The summed E-state index contributed by atoms with van der Waals surface area (Å²) < 4.78 is 1.31. The van der Waals surface area contributed by atoms with Crippen molar-refractivity contribution in [2.45, 2.75) is 18.9 Å². The van der Waals surface area contributed by atoms with E-state index in [2.05, 4.69) is 45.0 Å². The molecule has 0 bridgehead atoms. The fourth-order valence-electron chi connectivity index (χ4n) is 5.30. The molecule has 1 aromatic carbocycles. The number of rotatable bonds is 2. The Morgan fingerprint density at radius 3 is 2.19 bits per heavy atom. The van der Waals surface area contributed by atoms with E-state index in [0.29, 0.717) is 6.17 Å². The fraction of sp³-hybridized carbons (Fsp3) is 0.647. The Hall–Kier alpha value is -0.940. The molecular weight excluding hydrogens is 260 g/mol. The van der Waals surface area contributed by atoms with Crippen molar-refractivity contribution in [1.82, 2.24) is 14.7 Å². The average Bonchev–Trinajstić information content (AvgIpc) is 3.09. The molecule has 5 rings (SSSR count). The molecule has 4 fully saturated rings. The van der Waals surface area contributed by atoms with E-state index in [1.54, 1.807) is 0 Å². The van der Waals surface area contributed by atoms with E-state index in [-0.39, 0.29) is 0 Å². The van der Waals surface area contributed by atoms with Crippen LogP contribution in [0, 0.1) is 0 Å². The maximum atomic E-state index is 2.79. The quantitative estimate of drug-likeness (QED) is 0.738. The highest BCUT2D eigenvalue weighted by Gasteiger charge is 2.60. The fourth-order valence-corrected chi connectivity index (χ4v) is 5.30. The molecule has 0 aliphatic carbocycles. The van der Waals surface area contributed by atoms with Crippen LogP contribution in [0.2, 0.25) is 0 Å². The van der Waals surface area contributed by atoms with Crippen molar-refractivity contribution in [2.24, 2.45) is 0 Å².